The van der Waals surface area contributed by atoms with Crippen LogP contribution in [0.25, 0.3) is 0 Å². The van der Waals surface area contributed by atoms with E-state index in [-0.39, 0.29) is 44.0 Å². The fraction of sp³-hybridized carbons (Fsp3) is 0.692. The molecule has 2 aliphatic heterocycles. The summed E-state index contributed by atoms with van der Waals surface area (Å²) in [5.74, 6) is 0. The van der Waals surface area contributed by atoms with Crippen LogP contribution in [0.5, 0.6) is 0 Å². The average molecular weight is 530 g/mol. The van der Waals surface area contributed by atoms with Gasteiger partial charge in [-0.2, -0.15) is 0 Å². The molecule has 5 heteroatoms. The van der Waals surface area contributed by atoms with Crippen LogP contribution >= 0.6 is 0 Å². The van der Waals surface area contributed by atoms with Gasteiger partial charge in [-0.15, -0.1) is 0 Å². The van der Waals surface area contributed by atoms with Crippen molar-refractivity contribution in [1.29, 1.82) is 0 Å². The molecule has 0 aromatic carbocycles. The molecule has 0 saturated carbocycles. The van der Waals surface area contributed by atoms with E-state index in [2.05, 4.69) is 64.2 Å². The van der Waals surface area contributed by atoms with Crippen LogP contribution < -0.4 is 24.8 Å². The van der Waals surface area contributed by atoms with Crippen LogP contribution in [0, 0.1) is 0 Å². The third kappa shape index (κ3) is 5.68. The fourth-order valence-electron chi connectivity index (χ4n) is 6.36. The molecule has 0 aromatic heterocycles. The summed E-state index contributed by atoms with van der Waals surface area (Å²) >= 11 is -0.140. The van der Waals surface area contributed by atoms with Gasteiger partial charge in [-0.1, -0.05) is 0 Å². The molecule has 0 amide bonds. The van der Waals surface area contributed by atoms with E-state index in [1.165, 1.54) is 38.5 Å². The van der Waals surface area contributed by atoms with Gasteiger partial charge in [0.1, 0.15) is 0 Å². The number of hydrogen-bond donors (Lipinski definition) is 0. The van der Waals surface area contributed by atoms with Gasteiger partial charge >= 0.3 is 192 Å². The largest absolute Gasteiger partial charge is 1.00 e. The summed E-state index contributed by atoms with van der Waals surface area (Å²) in [7, 11) is -2.17. The first kappa shape index (κ1) is 27.9. The zero-order valence-electron chi connectivity index (χ0n) is 20.2. The third-order valence-corrected chi connectivity index (χ3v) is 22.1. The number of unbranched alkanes of at least 4 members (excludes halogenated alkanes) is 2. The molecule has 2 aliphatic carbocycles. The van der Waals surface area contributed by atoms with Crippen LogP contribution in [0.15, 0.2) is 46.8 Å². The first-order valence-electron chi connectivity index (χ1n) is 12.5. The summed E-state index contributed by atoms with van der Waals surface area (Å²) in [4.78, 5) is 0. The van der Waals surface area contributed by atoms with Crippen molar-refractivity contribution in [3.05, 3.63) is 46.8 Å². The Kier molecular flexibility index (Phi) is 9.87. The summed E-state index contributed by atoms with van der Waals surface area (Å²) in [6.45, 7) is 9.86. The molecule has 2 unspecified atom stereocenters. The molecule has 0 radical (unpaired) electrons. The minimum absolute atomic E-state index is 0. The molecule has 2 heterocycles. The van der Waals surface area contributed by atoms with Crippen molar-refractivity contribution < 1.29 is 44.0 Å². The van der Waals surface area contributed by atoms with Gasteiger partial charge < -0.3 is 24.8 Å². The summed E-state index contributed by atoms with van der Waals surface area (Å²) in [5, 5.41) is 3.71. The van der Waals surface area contributed by atoms with Gasteiger partial charge in [0, 0.05) is 0 Å². The third-order valence-electron chi connectivity index (χ3n) is 8.53. The van der Waals surface area contributed by atoms with E-state index in [1.54, 1.807) is 36.3 Å². The van der Waals surface area contributed by atoms with Crippen molar-refractivity contribution in [2.45, 2.75) is 110 Å². The van der Waals surface area contributed by atoms with Crippen LogP contribution in [-0.4, -0.2) is 16.1 Å². The normalized spacial score (nSPS) is 31.5. The molecule has 0 N–H and O–H groups in total. The standard InChI is InChI=1S/2C13H21Si.2ClH.Ti/c2*1-3-4-8-14(9-5-10-14)13-7-6-12(2)11-13;;;/h2*6-7,11H,3-5,8-10H2,1-2H3;2*1H;/q;;;;+2/p-2. The first-order chi connectivity index (χ1) is 13.9. The Hall–Kier alpha value is 0.688. The molecule has 4 rings (SSSR count). The topological polar surface area (TPSA) is 0 Å². The van der Waals surface area contributed by atoms with Crippen molar-refractivity contribution in [3.63, 3.8) is 0 Å². The second kappa shape index (κ2) is 11.0. The van der Waals surface area contributed by atoms with E-state index < -0.39 is 16.1 Å². The van der Waals surface area contributed by atoms with E-state index >= 15 is 0 Å². The van der Waals surface area contributed by atoms with Crippen molar-refractivity contribution in [2.75, 3.05) is 0 Å². The fourth-order valence-corrected chi connectivity index (χ4v) is 19.2. The molecule has 0 aromatic rings. The number of hydrogen-bond acceptors (Lipinski definition) is 0. The van der Waals surface area contributed by atoms with Crippen LogP contribution in [0.3, 0.4) is 0 Å². The monoisotopic (exact) mass is 528 g/mol. The molecule has 2 fully saturated rings. The summed E-state index contributed by atoms with van der Waals surface area (Å²) in [5.41, 5.74) is 0. The van der Waals surface area contributed by atoms with Crippen LogP contribution in [0.4, 0.5) is 0 Å². The average Bonchev–Trinajstić information content (AvgIpc) is 3.17. The molecule has 4 aliphatic rings. The van der Waals surface area contributed by atoms with Crippen molar-refractivity contribution in [1.82, 2.24) is 0 Å². The Morgan fingerprint density at radius 1 is 0.742 bits per heavy atom. The van der Waals surface area contributed by atoms with Gasteiger partial charge in [-0.05, 0) is 0 Å². The molecule has 172 valence electrons. The summed E-state index contributed by atoms with van der Waals surface area (Å²) < 4.78 is 0.778. The van der Waals surface area contributed by atoms with Crippen molar-refractivity contribution in [2.24, 2.45) is 0 Å². The maximum atomic E-state index is 2.80. The molecule has 2 atom stereocenters. The van der Waals surface area contributed by atoms with Gasteiger partial charge in [0.05, 0.1) is 0 Å². The van der Waals surface area contributed by atoms with E-state index in [4.69, 9.17) is 0 Å². The Morgan fingerprint density at radius 2 is 1.13 bits per heavy atom. The maximum absolute atomic E-state index is 2.80. The smallest absolute Gasteiger partial charge is 1.00 e. The van der Waals surface area contributed by atoms with Crippen molar-refractivity contribution in [3.8, 4) is 0 Å². The van der Waals surface area contributed by atoms with E-state index in [0.29, 0.717) is 7.44 Å². The zero-order chi connectivity index (χ0) is 20.6. The van der Waals surface area contributed by atoms with Gasteiger partial charge in [0.2, 0.25) is 0 Å². The molecule has 0 bridgehead atoms. The molecular formula is C26H42Cl2Si2Ti. The van der Waals surface area contributed by atoms with Gasteiger partial charge in [-0.25, -0.2) is 0 Å². The minimum atomic E-state index is -1.09. The van der Waals surface area contributed by atoms with E-state index in [0.717, 1.165) is 0 Å². The van der Waals surface area contributed by atoms with E-state index in [9.17, 15) is 0 Å². The molecule has 0 nitrogen and oxygen atoms in total. The van der Waals surface area contributed by atoms with Crippen LogP contribution in [0.2, 0.25) is 43.7 Å². The predicted octanol–water partition coefficient (Wildman–Crippen LogP) is 2.81. The Labute approximate surface area is 215 Å². The number of halogens is 2. The number of allylic oxidation sites excluding steroid dienone is 8. The first-order valence-corrected chi connectivity index (χ1v) is 19.3. The zero-order valence-corrected chi connectivity index (χ0v) is 25.3. The van der Waals surface area contributed by atoms with Gasteiger partial charge in [0.15, 0.2) is 0 Å². The molecule has 2 saturated heterocycles. The minimum Gasteiger partial charge on any atom is -1.00 e. The predicted molar refractivity (Wildman–Crippen MR) is 131 cm³/mol. The second-order valence-corrected chi connectivity index (χ2v) is 24.1. The quantitative estimate of drug-likeness (QED) is 0.382. The van der Waals surface area contributed by atoms with Crippen LogP contribution in [0.1, 0.15) is 66.2 Å². The maximum Gasteiger partial charge on any atom is -1.00 e. The second-order valence-electron chi connectivity index (χ2n) is 11.0. The van der Waals surface area contributed by atoms with Crippen LogP contribution in [-0.2, 0) is 19.2 Å². The molecular weight excluding hydrogens is 487 g/mol. The Morgan fingerprint density at radius 3 is 1.42 bits per heavy atom. The number of rotatable bonds is 10. The summed E-state index contributed by atoms with van der Waals surface area (Å²) in [6, 6.07) is 9.42. The SMILES string of the molecule is CCCC[Si]1(C2=C[C](C)([Ti+2][C]3(C)C=CC([Si]4(CCCC)CCC4)=C3)C=C2)CCC1.[Cl-].[Cl-]. The summed E-state index contributed by atoms with van der Waals surface area (Å²) in [6.07, 6.45) is 24.8. The molecule has 31 heavy (non-hydrogen) atoms. The Bertz CT molecular complexity index is 687. The van der Waals surface area contributed by atoms with Gasteiger partial charge in [-0.3, -0.25) is 0 Å². The van der Waals surface area contributed by atoms with Gasteiger partial charge in [0.25, 0.3) is 0 Å². The molecule has 0 spiro atoms. The van der Waals surface area contributed by atoms with E-state index in [1.807, 2.05) is 10.4 Å². The van der Waals surface area contributed by atoms with Crippen molar-refractivity contribution >= 4 is 16.1 Å². The Balaban J connectivity index is 0.00000171.